The first kappa shape index (κ1) is 20.3. The minimum atomic E-state index is -0.126. The summed E-state index contributed by atoms with van der Waals surface area (Å²) in [5, 5.41) is 6.51. The molecule has 0 unspecified atom stereocenters. The molecule has 0 atom stereocenters. The standard InChI is InChI=1S/C22H24N2O2S2/c1-17-7-8-20(28-17)15-24(13-10-18-5-3-2-4-6-18)21(25)9-12-23-22(26)19-11-14-27-16-19/h2-8,11,14,16H,9-10,12-13,15H2,1H3,(H,23,26). The Hall–Kier alpha value is -2.44. The Kier molecular flexibility index (Phi) is 7.39. The highest BCUT2D eigenvalue weighted by molar-refractivity contribution is 7.11. The number of hydrogen-bond donors (Lipinski definition) is 1. The minimum absolute atomic E-state index is 0.0626. The fourth-order valence-electron chi connectivity index (χ4n) is 2.90. The lowest BCUT2D eigenvalue weighted by molar-refractivity contribution is -0.131. The van der Waals surface area contributed by atoms with Crippen LogP contribution in [0.4, 0.5) is 0 Å². The van der Waals surface area contributed by atoms with Gasteiger partial charge in [0, 0.05) is 40.2 Å². The van der Waals surface area contributed by atoms with Crippen molar-refractivity contribution in [2.24, 2.45) is 0 Å². The average molecular weight is 413 g/mol. The van der Waals surface area contributed by atoms with Crippen LogP contribution in [0.25, 0.3) is 0 Å². The molecule has 2 amide bonds. The molecule has 4 nitrogen and oxygen atoms in total. The molecule has 0 saturated heterocycles. The van der Waals surface area contributed by atoms with Gasteiger partial charge in [-0.2, -0.15) is 11.3 Å². The van der Waals surface area contributed by atoms with Crippen LogP contribution < -0.4 is 5.32 Å². The maximum Gasteiger partial charge on any atom is 0.252 e. The Labute approximate surface area is 173 Å². The van der Waals surface area contributed by atoms with Gasteiger partial charge in [-0.3, -0.25) is 9.59 Å². The normalized spacial score (nSPS) is 10.6. The molecule has 0 spiro atoms. The largest absolute Gasteiger partial charge is 0.351 e. The zero-order valence-electron chi connectivity index (χ0n) is 15.9. The number of nitrogens with one attached hydrogen (secondary N) is 1. The van der Waals surface area contributed by atoms with Crippen LogP contribution in [-0.4, -0.2) is 29.8 Å². The average Bonchev–Trinajstić information content (AvgIpc) is 3.37. The lowest BCUT2D eigenvalue weighted by Gasteiger charge is -2.22. The second-order valence-electron chi connectivity index (χ2n) is 6.58. The Balaban J connectivity index is 1.56. The van der Waals surface area contributed by atoms with E-state index in [1.165, 1.54) is 26.7 Å². The summed E-state index contributed by atoms with van der Waals surface area (Å²) in [6, 6.07) is 16.2. The molecule has 0 radical (unpaired) electrons. The second-order valence-corrected chi connectivity index (χ2v) is 8.73. The number of hydrogen-bond acceptors (Lipinski definition) is 4. The van der Waals surface area contributed by atoms with Gasteiger partial charge in [0.15, 0.2) is 0 Å². The van der Waals surface area contributed by atoms with Gasteiger partial charge >= 0.3 is 0 Å². The predicted molar refractivity (Wildman–Crippen MR) is 116 cm³/mol. The van der Waals surface area contributed by atoms with Crippen LogP contribution in [0, 0.1) is 6.92 Å². The van der Waals surface area contributed by atoms with Gasteiger partial charge in [0.25, 0.3) is 5.91 Å². The van der Waals surface area contributed by atoms with Crippen LogP contribution >= 0.6 is 22.7 Å². The maximum absolute atomic E-state index is 12.8. The topological polar surface area (TPSA) is 49.4 Å². The number of nitrogens with zero attached hydrogens (tertiary/aromatic N) is 1. The van der Waals surface area contributed by atoms with E-state index in [1.807, 2.05) is 33.9 Å². The molecule has 0 saturated carbocycles. The van der Waals surface area contributed by atoms with Crippen LogP contribution in [0.3, 0.4) is 0 Å². The van der Waals surface area contributed by atoms with E-state index in [2.05, 4.69) is 36.5 Å². The summed E-state index contributed by atoms with van der Waals surface area (Å²) in [5.41, 5.74) is 1.86. The highest BCUT2D eigenvalue weighted by atomic mass is 32.1. The molecule has 28 heavy (non-hydrogen) atoms. The fraction of sp³-hybridized carbons (Fsp3) is 0.273. The summed E-state index contributed by atoms with van der Waals surface area (Å²) >= 11 is 3.21. The molecule has 3 rings (SSSR count). The molecular weight excluding hydrogens is 388 g/mol. The van der Waals surface area contributed by atoms with Gasteiger partial charge in [-0.15, -0.1) is 11.3 Å². The minimum Gasteiger partial charge on any atom is -0.351 e. The summed E-state index contributed by atoms with van der Waals surface area (Å²) in [4.78, 5) is 29.2. The molecule has 1 N–H and O–H groups in total. The van der Waals surface area contributed by atoms with E-state index >= 15 is 0 Å². The Morgan fingerprint density at radius 3 is 2.57 bits per heavy atom. The van der Waals surface area contributed by atoms with Crippen LogP contribution in [-0.2, 0) is 17.8 Å². The first-order chi connectivity index (χ1) is 13.6. The van der Waals surface area contributed by atoms with Gasteiger partial charge in [0.2, 0.25) is 5.91 Å². The van der Waals surface area contributed by atoms with Gasteiger partial charge < -0.3 is 10.2 Å². The zero-order valence-corrected chi connectivity index (χ0v) is 17.5. The van der Waals surface area contributed by atoms with Crippen molar-refractivity contribution in [3.63, 3.8) is 0 Å². The van der Waals surface area contributed by atoms with Crippen molar-refractivity contribution in [2.75, 3.05) is 13.1 Å². The molecule has 0 aliphatic rings. The van der Waals surface area contributed by atoms with Crippen LogP contribution in [0.15, 0.2) is 59.3 Å². The highest BCUT2D eigenvalue weighted by Gasteiger charge is 2.15. The van der Waals surface area contributed by atoms with Gasteiger partial charge in [-0.1, -0.05) is 30.3 Å². The molecule has 2 aromatic heterocycles. The van der Waals surface area contributed by atoms with Crippen molar-refractivity contribution >= 4 is 34.5 Å². The summed E-state index contributed by atoms with van der Waals surface area (Å²) in [5.74, 6) is -0.0635. The third-order valence-corrected chi connectivity index (χ3v) is 6.09. The number of rotatable bonds is 9. The summed E-state index contributed by atoms with van der Waals surface area (Å²) in [6.45, 7) is 3.70. The first-order valence-electron chi connectivity index (χ1n) is 9.29. The van der Waals surface area contributed by atoms with E-state index in [9.17, 15) is 9.59 Å². The summed E-state index contributed by atoms with van der Waals surface area (Å²) in [7, 11) is 0. The van der Waals surface area contributed by atoms with Gasteiger partial charge in [0.1, 0.15) is 0 Å². The smallest absolute Gasteiger partial charge is 0.252 e. The maximum atomic E-state index is 12.8. The lowest BCUT2D eigenvalue weighted by Crippen LogP contribution is -2.35. The van der Waals surface area contributed by atoms with E-state index in [0.29, 0.717) is 31.6 Å². The molecule has 1 aromatic carbocycles. The monoisotopic (exact) mass is 412 g/mol. The van der Waals surface area contributed by atoms with Gasteiger partial charge in [-0.25, -0.2) is 0 Å². The van der Waals surface area contributed by atoms with Crippen LogP contribution in [0.5, 0.6) is 0 Å². The summed E-state index contributed by atoms with van der Waals surface area (Å²) < 4.78 is 0. The molecule has 2 heterocycles. The van der Waals surface area contributed by atoms with Crippen LogP contribution in [0.2, 0.25) is 0 Å². The lowest BCUT2D eigenvalue weighted by atomic mass is 10.1. The summed E-state index contributed by atoms with van der Waals surface area (Å²) in [6.07, 6.45) is 1.12. The zero-order chi connectivity index (χ0) is 19.8. The quantitative estimate of drug-likeness (QED) is 0.562. The van der Waals surface area contributed by atoms with E-state index in [4.69, 9.17) is 0 Å². The molecular formula is C22H24N2O2S2. The van der Waals surface area contributed by atoms with E-state index in [0.717, 1.165) is 6.42 Å². The fourth-order valence-corrected chi connectivity index (χ4v) is 4.44. The number of carbonyl (C=O) groups is 2. The Morgan fingerprint density at radius 2 is 1.89 bits per heavy atom. The third kappa shape index (κ3) is 6.04. The number of amides is 2. The Morgan fingerprint density at radius 1 is 1.07 bits per heavy atom. The molecule has 6 heteroatoms. The van der Waals surface area contributed by atoms with Crippen molar-refractivity contribution in [2.45, 2.75) is 26.3 Å². The van der Waals surface area contributed by atoms with Crippen molar-refractivity contribution in [3.8, 4) is 0 Å². The SMILES string of the molecule is Cc1ccc(CN(CCc2ccccc2)C(=O)CCNC(=O)c2ccsc2)s1. The molecule has 146 valence electrons. The molecule has 3 aromatic rings. The van der Waals surface area contributed by atoms with Crippen molar-refractivity contribution in [3.05, 3.63) is 80.2 Å². The predicted octanol–water partition coefficient (Wildman–Crippen LogP) is 4.51. The molecule has 0 fully saturated rings. The van der Waals surface area contributed by atoms with Crippen molar-refractivity contribution in [1.82, 2.24) is 10.2 Å². The number of thiophene rings is 2. The highest BCUT2D eigenvalue weighted by Crippen LogP contribution is 2.18. The second kappa shape index (κ2) is 10.2. The van der Waals surface area contributed by atoms with Crippen molar-refractivity contribution < 1.29 is 9.59 Å². The van der Waals surface area contributed by atoms with E-state index in [-0.39, 0.29) is 11.8 Å². The molecule has 0 aliphatic heterocycles. The first-order valence-corrected chi connectivity index (χ1v) is 11.0. The molecule has 0 aliphatic carbocycles. The van der Waals surface area contributed by atoms with Gasteiger partial charge in [0.05, 0.1) is 6.54 Å². The number of aryl methyl sites for hydroxylation is 1. The Bertz CT molecular complexity index is 888. The van der Waals surface area contributed by atoms with Gasteiger partial charge in [-0.05, 0) is 42.5 Å². The van der Waals surface area contributed by atoms with E-state index in [1.54, 1.807) is 17.4 Å². The van der Waals surface area contributed by atoms with E-state index < -0.39 is 0 Å². The number of carbonyl (C=O) groups excluding carboxylic acids is 2. The molecule has 0 bridgehead atoms. The van der Waals surface area contributed by atoms with Crippen LogP contribution in [0.1, 0.15) is 32.1 Å². The third-order valence-electron chi connectivity index (χ3n) is 4.42. The number of benzene rings is 1. The van der Waals surface area contributed by atoms with Crippen molar-refractivity contribution in [1.29, 1.82) is 0 Å².